The van der Waals surface area contributed by atoms with Gasteiger partial charge in [-0.05, 0) is 11.1 Å². The van der Waals surface area contributed by atoms with Gasteiger partial charge in [-0.1, -0.05) is 24.3 Å². The average molecular weight is 217 g/mol. The number of esters is 1. The third-order valence-electron chi connectivity index (χ3n) is 1.81. The Bertz CT molecular complexity index is 328. The molecule has 0 radical (unpaired) electrons. The van der Waals surface area contributed by atoms with Crippen molar-refractivity contribution in [3.8, 4) is 0 Å². The molecule has 0 bridgehead atoms. The minimum absolute atomic E-state index is 0.497. The molecule has 2 nitrogen and oxygen atoms in total. The smallest absolute Gasteiger partial charge is 0.328 e. The van der Waals surface area contributed by atoms with Crippen LogP contribution in [0.5, 0.6) is 0 Å². The highest BCUT2D eigenvalue weighted by atomic mass is 35.5. The van der Waals surface area contributed by atoms with Crippen molar-refractivity contribution in [3.05, 3.63) is 35.4 Å². The van der Waals surface area contributed by atoms with E-state index < -0.39 is 18.0 Å². The van der Waals surface area contributed by atoms with Gasteiger partial charge in [-0.3, -0.25) is 4.79 Å². The van der Waals surface area contributed by atoms with E-state index in [0.717, 1.165) is 0 Å². The molecule has 0 aliphatic rings. The van der Waals surface area contributed by atoms with Gasteiger partial charge in [-0.25, -0.2) is 4.39 Å². The molecule has 0 aliphatic carbocycles. The summed E-state index contributed by atoms with van der Waals surface area (Å²) in [4.78, 5) is 11.1. The van der Waals surface area contributed by atoms with Crippen molar-refractivity contribution in [1.82, 2.24) is 0 Å². The van der Waals surface area contributed by atoms with Gasteiger partial charge < -0.3 is 4.74 Å². The highest BCUT2D eigenvalue weighted by molar-refractivity contribution is 6.29. The molecule has 0 heterocycles. The fourth-order valence-electron chi connectivity index (χ4n) is 1.07. The first kappa shape index (κ1) is 11.0. The van der Waals surface area contributed by atoms with Gasteiger partial charge in [-0.15, -0.1) is 11.6 Å². The zero-order valence-corrected chi connectivity index (χ0v) is 8.42. The van der Waals surface area contributed by atoms with Crippen LogP contribution in [0.3, 0.4) is 0 Å². The predicted molar refractivity (Wildman–Crippen MR) is 51.9 cm³/mol. The second-order valence-electron chi connectivity index (χ2n) is 2.76. The van der Waals surface area contributed by atoms with Crippen LogP contribution in [0.4, 0.5) is 4.39 Å². The third-order valence-corrected chi connectivity index (χ3v) is 2.24. The maximum Gasteiger partial charge on any atom is 0.328 e. The van der Waals surface area contributed by atoms with Crippen molar-refractivity contribution in [2.24, 2.45) is 0 Å². The number of ether oxygens (including phenoxy) is 1. The van der Waals surface area contributed by atoms with Crippen LogP contribution in [-0.4, -0.2) is 13.1 Å². The fraction of sp³-hybridized carbons (Fsp3) is 0.300. The van der Waals surface area contributed by atoms with E-state index in [9.17, 15) is 9.18 Å². The lowest BCUT2D eigenvalue weighted by molar-refractivity contribution is -0.140. The summed E-state index contributed by atoms with van der Waals surface area (Å²) in [5, 5.41) is -0.869. The van der Waals surface area contributed by atoms with Gasteiger partial charge in [-0.2, -0.15) is 0 Å². The first-order chi connectivity index (χ1) is 6.69. The van der Waals surface area contributed by atoms with Crippen LogP contribution in [0, 0.1) is 0 Å². The molecule has 0 saturated carbocycles. The number of carbonyl (C=O) groups is 1. The molecule has 0 aromatic heterocycles. The molecule has 14 heavy (non-hydrogen) atoms. The molecule has 0 amide bonds. The molecule has 0 saturated heterocycles. The van der Waals surface area contributed by atoms with Gasteiger partial charge in [0, 0.05) is 0 Å². The normalized spacial score (nSPS) is 12.2. The molecule has 4 heteroatoms. The summed E-state index contributed by atoms with van der Waals surface area (Å²) in [6, 6.07) is 6.50. The van der Waals surface area contributed by atoms with Gasteiger partial charge in [0.25, 0.3) is 0 Å². The van der Waals surface area contributed by atoms with Crippen molar-refractivity contribution < 1.29 is 13.9 Å². The Morgan fingerprint density at radius 2 is 2.36 bits per heavy atom. The standard InChI is InChI=1S/C10H10ClFO2/c1-14-10(13)9(11)8-4-2-3-7(5-8)6-12/h2-5,9H,6H2,1H3. The molecule has 1 rings (SSSR count). The van der Waals surface area contributed by atoms with Crippen LogP contribution in [0.25, 0.3) is 0 Å². The van der Waals surface area contributed by atoms with Crippen LogP contribution in [0.1, 0.15) is 16.5 Å². The van der Waals surface area contributed by atoms with E-state index in [1.54, 1.807) is 24.3 Å². The summed E-state index contributed by atoms with van der Waals surface area (Å²) >= 11 is 5.79. The molecule has 0 N–H and O–H groups in total. The topological polar surface area (TPSA) is 26.3 Å². The molecule has 1 unspecified atom stereocenters. The lowest BCUT2D eigenvalue weighted by Gasteiger charge is -2.07. The van der Waals surface area contributed by atoms with Crippen LogP contribution < -0.4 is 0 Å². The quantitative estimate of drug-likeness (QED) is 0.574. The minimum atomic E-state index is -0.869. The van der Waals surface area contributed by atoms with Gasteiger partial charge >= 0.3 is 5.97 Å². The highest BCUT2D eigenvalue weighted by Gasteiger charge is 2.17. The molecular weight excluding hydrogens is 207 g/mol. The Kier molecular flexibility index (Phi) is 3.89. The highest BCUT2D eigenvalue weighted by Crippen LogP contribution is 2.22. The third kappa shape index (κ3) is 2.45. The zero-order valence-electron chi connectivity index (χ0n) is 7.67. The van der Waals surface area contributed by atoms with E-state index in [2.05, 4.69) is 4.74 Å². The van der Waals surface area contributed by atoms with Crippen molar-refractivity contribution in [3.63, 3.8) is 0 Å². The van der Waals surface area contributed by atoms with Crippen LogP contribution in [0.2, 0.25) is 0 Å². The monoisotopic (exact) mass is 216 g/mol. The van der Waals surface area contributed by atoms with Gasteiger partial charge in [0.2, 0.25) is 0 Å². The van der Waals surface area contributed by atoms with E-state index in [-0.39, 0.29) is 0 Å². The van der Waals surface area contributed by atoms with Crippen molar-refractivity contribution >= 4 is 17.6 Å². The fourth-order valence-corrected chi connectivity index (χ4v) is 1.30. The number of methoxy groups -OCH3 is 1. The second kappa shape index (κ2) is 4.96. The molecule has 1 aromatic carbocycles. The van der Waals surface area contributed by atoms with Gasteiger partial charge in [0.1, 0.15) is 6.67 Å². The molecule has 76 valence electrons. The first-order valence-corrected chi connectivity index (χ1v) is 4.49. The number of halogens is 2. The minimum Gasteiger partial charge on any atom is -0.468 e. The Labute approximate surface area is 86.6 Å². The number of rotatable bonds is 3. The Balaban J connectivity index is 2.89. The van der Waals surface area contributed by atoms with Crippen molar-refractivity contribution in [2.75, 3.05) is 7.11 Å². The van der Waals surface area contributed by atoms with Crippen LogP contribution in [0.15, 0.2) is 24.3 Å². The summed E-state index contributed by atoms with van der Waals surface area (Å²) in [5.74, 6) is -0.539. The summed E-state index contributed by atoms with van der Waals surface area (Å²) in [7, 11) is 1.26. The largest absolute Gasteiger partial charge is 0.468 e. The molecule has 1 atom stereocenters. The molecule has 0 aliphatic heterocycles. The molecular formula is C10H10ClFO2. The maximum atomic E-state index is 12.3. The van der Waals surface area contributed by atoms with E-state index in [4.69, 9.17) is 11.6 Å². The Morgan fingerprint density at radius 1 is 1.64 bits per heavy atom. The van der Waals surface area contributed by atoms with Crippen LogP contribution >= 0.6 is 11.6 Å². The van der Waals surface area contributed by atoms with E-state index in [1.165, 1.54) is 7.11 Å². The average Bonchev–Trinajstić information content (AvgIpc) is 2.27. The SMILES string of the molecule is COC(=O)C(Cl)c1cccc(CF)c1. The van der Waals surface area contributed by atoms with E-state index in [1.807, 2.05) is 0 Å². The van der Waals surface area contributed by atoms with Crippen LogP contribution in [-0.2, 0) is 16.2 Å². The van der Waals surface area contributed by atoms with Crippen molar-refractivity contribution in [1.29, 1.82) is 0 Å². The number of alkyl halides is 2. The number of hydrogen-bond donors (Lipinski definition) is 0. The Hall–Kier alpha value is -1.09. The summed E-state index contributed by atoms with van der Waals surface area (Å²) in [6.45, 7) is -0.571. The number of benzene rings is 1. The summed E-state index contributed by atoms with van der Waals surface area (Å²) < 4.78 is 16.8. The van der Waals surface area contributed by atoms with E-state index in [0.29, 0.717) is 11.1 Å². The Morgan fingerprint density at radius 3 is 2.93 bits per heavy atom. The van der Waals surface area contributed by atoms with Gasteiger partial charge in [0.05, 0.1) is 7.11 Å². The molecule has 1 aromatic rings. The van der Waals surface area contributed by atoms with E-state index >= 15 is 0 Å². The summed E-state index contributed by atoms with van der Waals surface area (Å²) in [5.41, 5.74) is 1.05. The lowest BCUT2D eigenvalue weighted by atomic mass is 10.1. The molecule has 0 spiro atoms. The maximum absolute atomic E-state index is 12.3. The number of hydrogen-bond acceptors (Lipinski definition) is 2. The molecule has 0 fully saturated rings. The summed E-state index contributed by atoms with van der Waals surface area (Å²) in [6.07, 6.45) is 0. The number of carbonyl (C=O) groups excluding carboxylic acids is 1. The lowest BCUT2D eigenvalue weighted by Crippen LogP contribution is -2.08. The first-order valence-electron chi connectivity index (χ1n) is 4.05. The zero-order chi connectivity index (χ0) is 10.6. The predicted octanol–water partition coefficient (Wildman–Crippen LogP) is 2.61. The second-order valence-corrected chi connectivity index (χ2v) is 3.20. The van der Waals surface area contributed by atoms with Crippen molar-refractivity contribution in [2.45, 2.75) is 12.1 Å². The van der Waals surface area contributed by atoms with Gasteiger partial charge in [0.15, 0.2) is 5.38 Å².